The number of hydrogen-bond acceptors (Lipinski definition) is 2. The summed E-state index contributed by atoms with van der Waals surface area (Å²) in [6.07, 6.45) is 1.36. The van der Waals surface area contributed by atoms with Crippen molar-refractivity contribution in [3.63, 3.8) is 0 Å². The first-order chi connectivity index (χ1) is 8.06. The standard InChI is InChI=1S/C11H6BrCl2FN2/c12-6-1-2-10(8(14)3-6)17-11-9(15)4-7(13)5-16-11/h1-5H,(H,16,17). The van der Waals surface area contributed by atoms with E-state index in [-0.39, 0.29) is 10.8 Å². The molecule has 2 nitrogen and oxygen atoms in total. The smallest absolute Gasteiger partial charge is 0.167 e. The van der Waals surface area contributed by atoms with E-state index in [1.807, 2.05) is 0 Å². The number of nitrogens with one attached hydrogen (secondary N) is 1. The second-order valence-electron chi connectivity index (χ2n) is 3.23. The molecule has 17 heavy (non-hydrogen) atoms. The molecule has 6 heteroatoms. The molecule has 1 aromatic heterocycles. The first-order valence-electron chi connectivity index (χ1n) is 4.59. The SMILES string of the molecule is Fc1cc(Cl)cnc1Nc1ccc(Br)cc1Cl. The van der Waals surface area contributed by atoms with E-state index in [1.54, 1.807) is 18.2 Å². The number of anilines is 2. The Morgan fingerprint density at radius 3 is 2.65 bits per heavy atom. The van der Waals surface area contributed by atoms with E-state index in [0.29, 0.717) is 10.7 Å². The molecule has 0 amide bonds. The van der Waals surface area contributed by atoms with Crippen LogP contribution in [-0.4, -0.2) is 4.98 Å². The molecule has 0 aliphatic heterocycles. The zero-order valence-corrected chi connectivity index (χ0v) is 11.4. The average molecular weight is 336 g/mol. The molecule has 0 aliphatic rings. The van der Waals surface area contributed by atoms with Crippen LogP contribution >= 0.6 is 39.1 Å². The Morgan fingerprint density at radius 1 is 1.24 bits per heavy atom. The van der Waals surface area contributed by atoms with Gasteiger partial charge in [0, 0.05) is 10.7 Å². The predicted molar refractivity (Wildman–Crippen MR) is 71.6 cm³/mol. The molecule has 0 saturated heterocycles. The van der Waals surface area contributed by atoms with Crippen LogP contribution in [0.3, 0.4) is 0 Å². The number of hydrogen-bond donors (Lipinski definition) is 1. The maximum absolute atomic E-state index is 13.5. The fourth-order valence-corrected chi connectivity index (χ4v) is 2.09. The molecule has 1 N–H and O–H groups in total. The van der Waals surface area contributed by atoms with Gasteiger partial charge in [0.05, 0.1) is 15.7 Å². The first-order valence-corrected chi connectivity index (χ1v) is 6.14. The molecule has 1 aromatic carbocycles. The summed E-state index contributed by atoms with van der Waals surface area (Å²) in [7, 11) is 0. The van der Waals surface area contributed by atoms with Crippen LogP contribution in [0, 0.1) is 5.82 Å². The average Bonchev–Trinajstić information content (AvgIpc) is 2.25. The van der Waals surface area contributed by atoms with Crippen LogP contribution in [0.2, 0.25) is 10.0 Å². The summed E-state index contributed by atoms with van der Waals surface area (Å²) in [5.74, 6) is -0.449. The van der Waals surface area contributed by atoms with Gasteiger partial charge in [0.1, 0.15) is 0 Å². The van der Waals surface area contributed by atoms with Crippen LogP contribution in [0.15, 0.2) is 34.9 Å². The van der Waals surface area contributed by atoms with Crippen molar-refractivity contribution in [1.29, 1.82) is 0 Å². The zero-order chi connectivity index (χ0) is 12.4. The van der Waals surface area contributed by atoms with Crippen LogP contribution in [0.25, 0.3) is 0 Å². The number of halogens is 4. The Balaban J connectivity index is 2.31. The molecule has 2 rings (SSSR count). The highest BCUT2D eigenvalue weighted by atomic mass is 79.9. The summed E-state index contributed by atoms with van der Waals surface area (Å²) in [4.78, 5) is 3.85. The van der Waals surface area contributed by atoms with Crippen molar-refractivity contribution in [1.82, 2.24) is 4.98 Å². The lowest BCUT2D eigenvalue weighted by Gasteiger charge is -2.08. The summed E-state index contributed by atoms with van der Waals surface area (Å²) in [5, 5.41) is 3.51. The Bertz CT molecular complexity index is 514. The van der Waals surface area contributed by atoms with Crippen LogP contribution < -0.4 is 5.32 Å². The van der Waals surface area contributed by atoms with E-state index in [1.165, 1.54) is 12.3 Å². The van der Waals surface area contributed by atoms with Crippen molar-refractivity contribution in [2.45, 2.75) is 0 Å². The van der Waals surface area contributed by atoms with Crippen LogP contribution in [0.5, 0.6) is 0 Å². The van der Waals surface area contributed by atoms with Crippen molar-refractivity contribution < 1.29 is 4.39 Å². The topological polar surface area (TPSA) is 24.9 Å². The normalized spacial score (nSPS) is 10.4. The monoisotopic (exact) mass is 334 g/mol. The van der Waals surface area contributed by atoms with Crippen molar-refractivity contribution in [3.05, 3.63) is 50.8 Å². The largest absolute Gasteiger partial charge is 0.337 e. The molecule has 0 fully saturated rings. The molecule has 0 saturated carbocycles. The van der Waals surface area contributed by atoms with Gasteiger partial charge in [0.2, 0.25) is 0 Å². The minimum atomic E-state index is -0.531. The quantitative estimate of drug-likeness (QED) is 0.832. The molecule has 88 valence electrons. The number of nitrogens with zero attached hydrogens (tertiary/aromatic N) is 1. The number of pyridine rings is 1. The van der Waals surface area contributed by atoms with E-state index < -0.39 is 5.82 Å². The van der Waals surface area contributed by atoms with Gasteiger partial charge in [-0.05, 0) is 24.3 Å². The van der Waals surface area contributed by atoms with Gasteiger partial charge >= 0.3 is 0 Å². The minimum absolute atomic E-state index is 0.0821. The second kappa shape index (κ2) is 5.21. The molecule has 0 unspecified atom stereocenters. The van der Waals surface area contributed by atoms with E-state index in [9.17, 15) is 4.39 Å². The highest BCUT2D eigenvalue weighted by molar-refractivity contribution is 9.10. The van der Waals surface area contributed by atoms with Crippen molar-refractivity contribution in [3.8, 4) is 0 Å². The van der Waals surface area contributed by atoms with E-state index in [0.717, 1.165) is 4.47 Å². The summed E-state index contributed by atoms with van der Waals surface area (Å²) in [6, 6.07) is 6.41. The number of aromatic nitrogens is 1. The van der Waals surface area contributed by atoms with Gasteiger partial charge in [0.15, 0.2) is 11.6 Å². The molecule has 0 atom stereocenters. The lowest BCUT2D eigenvalue weighted by Crippen LogP contribution is -1.97. The molecular formula is C11H6BrCl2FN2. The zero-order valence-electron chi connectivity index (χ0n) is 8.35. The third-order valence-corrected chi connectivity index (χ3v) is 3.00. The van der Waals surface area contributed by atoms with Gasteiger partial charge in [0.25, 0.3) is 0 Å². The fraction of sp³-hybridized carbons (Fsp3) is 0. The molecule has 0 radical (unpaired) electrons. The van der Waals surface area contributed by atoms with Crippen molar-refractivity contribution in [2.75, 3.05) is 5.32 Å². The third kappa shape index (κ3) is 3.09. The molecular weight excluding hydrogens is 330 g/mol. The van der Waals surface area contributed by atoms with E-state index in [2.05, 4.69) is 26.2 Å². The Labute approximate surface area is 116 Å². The minimum Gasteiger partial charge on any atom is -0.337 e. The van der Waals surface area contributed by atoms with Crippen molar-refractivity contribution in [2.24, 2.45) is 0 Å². The Morgan fingerprint density at radius 2 is 2.00 bits per heavy atom. The third-order valence-electron chi connectivity index (χ3n) is 1.99. The maximum atomic E-state index is 13.5. The molecule has 1 heterocycles. The van der Waals surface area contributed by atoms with Gasteiger partial charge in [-0.25, -0.2) is 9.37 Å². The molecule has 0 aliphatic carbocycles. The van der Waals surface area contributed by atoms with E-state index >= 15 is 0 Å². The lowest BCUT2D eigenvalue weighted by molar-refractivity contribution is 0.626. The lowest BCUT2D eigenvalue weighted by atomic mass is 10.3. The van der Waals surface area contributed by atoms with Crippen LogP contribution in [0.4, 0.5) is 15.9 Å². The summed E-state index contributed by atoms with van der Waals surface area (Å²) >= 11 is 14.9. The fourth-order valence-electron chi connectivity index (χ4n) is 1.22. The summed E-state index contributed by atoms with van der Waals surface area (Å²) in [6.45, 7) is 0. The highest BCUT2D eigenvalue weighted by Gasteiger charge is 2.07. The van der Waals surface area contributed by atoms with Gasteiger partial charge in [-0.15, -0.1) is 0 Å². The number of benzene rings is 1. The summed E-state index contributed by atoms with van der Waals surface area (Å²) < 4.78 is 14.3. The molecule has 0 bridgehead atoms. The predicted octanol–water partition coefficient (Wildman–Crippen LogP) is 5.03. The molecule has 2 aromatic rings. The van der Waals surface area contributed by atoms with Gasteiger partial charge < -0.3 is 5.32 Å². The van der Waals surface area contributed by atoms with Crippen LogP contribution in [-0.2, 0) is 0 Å². The van der Waals surface area contributed by atoms with Gasteiger partial charge in [-0.3, -0.25) is 0 Å². The van der Waals surface area contributed by atoms with Crippen molar-refractivity contribution >= 4 is 50.6 Å². The van der Waals surface area contributed by atoms with Crippen LogP contribution in [0.1, 0.15) is 0 Å². The Kier molecular flexibility index (Phi) is 3.86. The Hall–Kier alpha value is -0.840. The van der Waals surface area contributed by atoms with E-state index in [4.69, 9.17) is 23.2 Å². The van der Waals surface area contributed by atoms with Gasteiger partial charge in [-0.2, -0.15) is 0 Å². The summed E-state index contributed by atoms with van der Waals surface area (Å²) in [5.41, 5.74) is 0.573. The maximum Gasteiger partial charge on any atom is 0.167 e. The first kappa shape index (κ1) is 12.6. The highest BCUT2D eigenvalue weighted by Crippen LogP contribution is 2.29. The molecule has 0 spiro atoms. The second-order valence-corrected chi connectivity index (χ2v) is 4.99. The number of rotatable bonds is 2. The van der Waals surface area contributed by atoms with Gasteiger partial charge in [-0.1, -0.05) is 39.1 Å².